The molecule has 6 heteroatoms. The van der Waals surface area contributed by atoms with Crippen molar-refractivity contribution in [1.29, 1.82) is 0 Å². The lowest BCUT2D eigenvalue weighted by atomic mass is 10.1. The van der Waals surface area contributed by atoms with Crippen LogP contribution in [0.25, 0.3) is 0 Å². The van der Waals surface area contributed by atoms with Gasteiger partial charge in [0.05, 0.1) is 12.6 Å². The molecule has 1 aliphatic rings. The molecule has 2 atom stereocenters. The van der Waals surface area contributed by atoms with E-state index in [1.54, 1.807) is 24.3 Å². The van der Waals surface area contributed by atoms with E-state index in [-0.39, 0.29) is 30.5 Å². The average Bonchev–Trinajstić information content (AvgIpc) is 3.12. The molecule has 0 saturated carbocycles. The number of benzene rings is 1. The van der Waals surface area contributed by atoms with Crippen LogP contribution in [0.4, 0.5) is 5.69 Å². The summed E-state index contributed by atoms with van der Waals surface area (Å²) in [7, 11) is 0. The lowest BCUT2D eigenvalue weighted by Crippen LogP contribution is -2.35. The number of hydrogen-bond acceptors (Lipinski definition) is 4. The normalized spacial score (nSPS) is 18.0. The summed E-state index contributed by atoms with van der Waals surface area (Å²) in [5.74, 6) is -0.144. The van der Waals surface area contributed by atoms with Crippen LogP contribution in [0, 0.1) is 0 Å². The number of carbonyl (C=O) groups is 2. The van der Waals surface area contributed by atoms with Crippen LogP contribution in [0.15, 0.2) is 24.3 Å². The first-order chi connectivity index (χ1) is 11.6. The molecule has 2 unspecified atom stereocenters. The molecule has 0 radical (unpaired) electrons. The van der Waals surface area contributed by atoms with Gasteiger partial charge in [-0.25, -0.2) is 0 Å². The quantitative estimate of drug-likeness (QED) is 0.679. The molecule has 6 nitrogen and oxygen atoms in total. The number of hydrogen-bond donors (Lipinski definition) is 3. The molecule has 3 N–H and O–H groups in total. The number of amides is 2. The van der Waals surface area contributed by atoms with Crippen LogP contribution in [-0.4, -0.2) is 43.7 Å². The highest BCUT2D eigenvalue weighted by Gasteiger charge is 2.16. The van der Waals surface area contributed by atoms with Gasteiger partial charge in [0.15, 0.2) is 0 Å². The summed E-state index contributed by atoms with van der Waals surface area (Å²) in [6.07, 6.45) is 3.12. The van der Waals surface area contributed by atoms with Crippen molar-refractivity contribution in [2.45, 2.75) is 45.3 Å². The Kier molecular flexibility index (Phi) is 7.06. The van der Waals surface area contributed by atoms with E-state index in [1.807, 2.05) is 13.8 Å². The Hall–Kier alpha value is -2.08. The Morgan fingerprint density at radius 1 is 1.29 bits per heavy atom. The zero-order valence-corrected chi connectivity index (χ0v) is 14.4. The molecule has 0 aromatic heterocycles. The Labute approximate surface area is 143 Å². The molecule has 2 rings (SSSR count). The van der Waals surface area contributed by atoms with Gasteiger partial charge in [-0.1, -0.05) is 6.92 Å². The van der Waals surface area contributed by atoms with Gasteiger partial charge in [0.2, 0.25) is 5.91 Å². The molecule has 1 saturated heterocycles. The first-order valence-electron chi connectivity index (χ1n) is 8.61. The van der Waals surface area contributed by atoms with Crippen molar-refractivity contribution in [2.75, 3.05) is 25.0 Å². The van der Waals surface area contributed by atoms with Gasteiger partial charge < -0.3 is 20.7 Å². The molecule has 1 aromatic carbocycles. The minimum Gasteiger partial charge on any atom is -0.376 e. The maximum atomic E-state index is 12.0. The largest absolute Gasteiger partial charge is 0.376 e. The molecule has 0 bridgehead atoms. The fourth-order valence-corrected chi connectivity index (χ4v) is 2.43. The minimum absolute atomic E-state index is 0.0657. The summed E-state index contributed by atoms with van der Waals surface area (Å²) in [4.78, 5) is 23.8. The molecule has 0 spiro atoms. The minimum atomic E-state index is -0.0785. The van der Waals surface area contributed by atoms with Gasteiger partial charge in [-0.3, -0.25) is 9.59 Å². The second-order valence-corrected chi connectivity index (χ2v) is 6.15. The van der Waals surface area contributed by atoms with Gasteiger partial charge >= 0.3 is 0 Å². The molecule has 1 aliphatic heterocycles. The van der Waals surface area contributed by atoms with E-state index in [4.69, 9.17) is 4.74 Å². The van der Waals surface area contributed by atoms with E-state index in [2.05, 4.69) is 16.0 Å². The first-order valence-corrected chi connectivity index (χ1v) is 8.61. The van der Waals surface area contributed by atoms with Gasteiger partial charge in [0.25, 0.3) is 5.91 Å². The summed E-state index contributed by atoms with van der Waals surface area (Å²) >= 11 is 0. The predicted molar refractivity (Wildman–Crippen MR) is 94.1 cm³/mol. The standard InChI is InChI=1S/C18H27N3O3/c1-3-13(2)21-18(23)14-6-8-15(9-7-14)19-12-17(22)20-11-16-5-4-10-24-16/h6-9,13,16,19H,3-5,10-12H2,1-2H3,(H,20,22)(H,21,23). The zero-order valence-electron chi connectivity index (χ0n) is 14.4. The van der Waals surface area contributed by atoms with Gasteiger partial charge in [-0.05, 0) is 50.5 Å². The highest BCUT2D eigenvalue weighted by Crippen LogP contribution is 2.11. The van der Waals surface area contributed by atoms with Crippen molar-refractivity contribution in [3.05, 3.63) is 29.8 Å². The van der Waals surface area contributed by atoms with Gasteiger partial charge in [0.1, 0.15) is 0 Å². The third-order valence-corrected chi connectivity index (χ3v) is 4.14. The topological polar surface area (TPSA) is 79.5 Å². The van der Waals surface area contributed by atoms with Gasteiger partial charge in [-0.2, -0.15) is 0 Å². The third-order valence-electron chi connectivity index (χ3n) is 4.14. The van der Waals surface area contributed by atoms with Gasteiger partial charge in [0, 0.05) is 30.4 Å². The van der Waals surface area contributed by atoms with E-state index in [0.29, 0.717) is 12.1 Å². The molecule has 1 fully saturated rings. The lowest BCUT2D eigenvalue weighted by Gasteiger charge is -2.13. The van der Waals surface area contributed by atoms with Crippen LogP contribution in [0.3, 0.4) is 0 Å². The number of nitrogens with one attached hydrogen (secondary N) is 3. The molecule has 24 heavy (non-hydrogen) atoms. The molecule has 1 heterocycles. The molecular weight excluding hydrogens is 306 g/mol. The summed E-state index contributed by atoms with van der Waals surface area (Å²) in [6.45, 7) is 5.56. The highest BCUT2D eigenvalue weighted by atomic mass is 16.5. The first kappa shape index (κ1) is 18.3. The van der Waals surface area contributed by atoms with Crippen molar-refractivity contribution in [3.63, 3.8) is 0 Å². The van der Waals surface area contributed by atoms with Crippen molar-refractivity contribution >= 4 is 17.5 Å². The molecular formula is C18H27N3O3. The molecule has 0 aliphatic carbocycles. The molecule has 2 amide bonds. The van der Waals surface area contributed by atoms with E-state index in [9.17, 15) is 9.59 Å². The molecule has 132 valence electrons. The van der Waals surface area contributed by atoms with E-state index >= 15 is 0 Å². The summed E-state index contributed by atoms with van der Waals surface area (Å²) < 4.78 is 5.46. The van der Waals surface area contributed by atoms with Crippen LogP contribution in [-0.2, 0) is 9.53 Å². The fourth-order valence-electron chi connectivity index (χ4n) is 2.43. The van der Waals surface area contributed by atoms with Crippen LogP contribution in [0.1, 0.15) is 43.5 Å². The Morgan fingerprint density at radius 3 is 2.67 bits per heavy atom. The fraction of sp³-hybridized carbons (Fsp3) is 0.556. The lowest BCUT2D eigenvalue weighted by molar-refractivity contribution is -0.119. The molecule has 1 aromatic rings. The second-order valence-electron chi connectivity index (χ2n) is 6.15. The number of anilines is 1. The Morgan fingerprint density at radius 2 is 2.04 bits per heavy atom. The van der Waals surface area contributed by atoms with Crippen LogP contribution >= 0.6 is 0 Å². The maximum absolute atomic E-state index is 12.0. The second kappa shape index (κ2) is 9.27. The third kappa shape index (κ3) is 5.85. The zero-order chi connectivity index (χ0) is 17.4. The van der Waals surface area contributed by atoms with Crippen molar-refractivity contribution < 1.29 is 14.3 Å². The maximum Gasteiger partial charge on any atom is 0.251 e. The van der Waals surface area contributed by atoms with E-state index < -0.39 is 0 Å². The smallest absolute Gasteiger partial charge is 0.251 e. The summed E-state index contributed by atoms with van der Waals surface area (Å²) in [6, 6.07) is 7.27. The monoisotopic (exact) mass is 333 g/mol. The average molecular weight is 333 g/mol. The predicted octanol–water partition coefficient (Wildman–Crippen LogP) is 1.92. The summed E-state index contributed by atoms with van der Waals surface area (Å²) in [5.41, 5.74) is 1.42. The van der Waals surface area contributed by atoms with Crippen molar-refractivity contribution in [2.24, 2.45) is 0 Å². The van der Waals surface area contributed by atoms with Gasteiger partial charge in [-0.15, -0.1) is 0 Å². The van der Waals surface area contributed by atoms with Crippen LogP contribution in [0.5, 0.6) is 0 Å². The Bertz CT molecular complexity index is 539. The van der Waals surface area contributed by atoms with Crippen LogP contribution in [0.2, 0.25) is 0 Å². The Balaban J connectivity index is 1.72. The summed E-state index contributed by atoms with van der Waals surface area (Å²) in [5, 5.41) is 8.84. The number of carbonyl (C=O) groups excluding carboxylic acids is 2. The number of rotatable bonds is 8. The number of ether oxygens (including phenoxy) is 1. The van der Waals surface area contributed by atoms with Crippen molar-refractivity contribution in [3.8, 4) is 0 Å². The SMILES string of the molecule is CCC(C)NC(=O)c1ccc(NCC(=O)NCC2CCCO2)cc1. The highest BCUT2D eigenvalue weighted by molar-refractivity contribution is 5.94. The van der Waals surface area contributed by atoms with E-state index in [1.165, 1.54) is 0 Å². The van der Waals surface area contributed by atoms with Crippen LogP contribution < -0.4 is 16.0 Å². The van der Waals surface area contributed by atoms with E-state index in [0.717, 1.165) is 31.6 Å². The van der Waals surface area contributed by atoms with Crippen molar-refractivity contribution in [1.82, 2.24) is 10.6 Å².